The Labute approximate surface area is 170 Å². The van der Waals surface area contributed by atoms with Crippen LogP contribution in [0.3, 0.4) is 0 Å². The number of amides is 2. The van der Waals surface area contributed by atoms with Gasteiger partial charge >= 0.3 is 0 Å². The van der Waals surface area contributed by atoms with Crippen LogP contribution in [0, 0.1) is 0 Å². The third-order valence-electron chi connectivity index (χ3n) is 4.47. The number of ether oxygens (including phenoxy) is 1. The van der Waals surface area contributed by atoms with Crippen molar-refractivity contribution < 1.29 is 14.3 Å². The molecule has 1 aliphatic carbocycles. The molecule has 2 amide bonds. The van der Waals surface area contributed by atoms with Gasteiger partial charge in [-0.1, -0.05) is 42.0 Å². The maximum atomic E-state index is 13.0. The minimum absolute atomic E-state index is 0.00698. The Bertz CT molecular complexity index is 757. The van der Waals surface area contributed by atoms with Crippen LogP contribution in [-0.4, -0.2) is 48.0 Å². The molecule has 3 rings (SSSR count). The Morgan fingerprint density at radius 3 is 2.85 bits per heavy atom. The summed E-state index contributed by atoms with van der Waals surface area (Å²) in [6.45, 7) is 0.968. The number of aromatic nitrogens is 2. The molecule has 0 spiro atoms. The number of thioether (sulfide) groups is 1. The van der Waals surface area contributed by atoms with E-state index in [9.17, 15) is 9.59 Å². The molecule has 146 valence electrons. The highest BCUT2D eigenvalue weighted by Crippen LogP contribution is 2.44. The first-order valence-corrected chi connectivity index (χ1v) is 11.4. The van der Waals surface area contributed by atoms with Crippen molar-refractivity contribution in [3.05, 3.63) is 22.4 Å². The van der Waals surface area contributed by atoms with E-state index in [2.05, 4.69) is 20.8 Å². The summed E-state index contributed by atoms with van der Waals surface area (Å²) < 4.78 is 5.55. The van der Waals surface area contributed by atoms with Crippen LogP contribution in [0.5, 0.6) is 0 Å². The number of anilines is 1. The van der Waals surface area contributed by atoms with E-state index < -0.39 is 5.41 Å². The first kappa shape index (κ1) is 20.2. The van der Waals surface area contributed by atoms with E-state index in [4.69, 9.17) is 4.74 Å². The number of carbonyl (C=O) groups excluding carboxylic acids is 2. The van der Waals surface area contributed by atoms with Gasteiger partial charge in [0.25, 0.3) is 0 Å². The van der Waals surface area contributed by atoms with Gasteiger partial charge < -0.3 is 10.1 Å². The van der Waals surface area contributed by atoms with Gasteiger partial charge in [0, 0.05) is 18.5 Å². The van der Waals surface area contributed by atoms with Crippen LogP contribution in [-0.2, 0) is 19.7 Å². The van der Waals surface area contributed by atoms with Crippen molar-refractivity contribution in [2.75, 3.05) is 31.3 Å². The topological polar surface area (TPSA) is 93.2 Å². The molecule has 2 N–H and O–H groups in total. The van der Waals surface area contributed by atoms with E-state index in [1.807, 2.05) is 17.5 Å². The molecule has 1 fully saturated rings. The Hall–Kier alpha value is -1.49. The Morgan fingerprint density at radius 1 is 1.33 bits per heavy atom. The van der Waals surface area contributed by atoms with Crippen molar-refractivity contribution >= 4 is 51.4 Å². The number of rotatable bonds is 9. The Morgan fingerprint density at radius 2 is 2.15 bits per heavy atom. The van der Waals surface area contributed by atoms with Crippen molar-refractivity contribution in [2.45, 2.75) is 35.4 Å². The molecule has 0 atom stereocenters. The number of nitrogens with zero attached hydrogens (tertiary/aromatic N) is 2. The Kier molecular flexibility index (Phi) is 7.22. The van der Waals surface area contributed by atoms with Crippen LogP contribution < -0.4 is 10.6 Å². The third-order valence-corrected chi connectivity index (χ3v) is 7.51. The molecule has 0 aromatic carbocycles. The molecular formula is C17H22N4O3S3. The largest absolute Gasteiger partial charge is 0.383 e. The van der Waals surface area contributed by atoms with E-state index in [1.165, 1.54) is 23.1 Å². The summed E-state index contributed by atoms with van der Waals surface area (Å²) in [4.78, 5) is 25.8. The standard InChI is InChI=1S/C17H22N4O3S3/c1-24-9-8-18-13(22)11-26-16-21-20-15(27-16)19-14(23)17(6-2-3-7-17)12-5-4-10-25-12/h4-5,10H,2-3,6-9,11H2,1H3,(H,18,22)(H,19,20,23). The molecule has 0 radical (unpaired) electrons. The van der Waals surface area contributed by atoms with Crippen molar-refractivity contribution in [2.24, 2.45) is 0 Å². The second-order valence-electron chi connectivity index (χ2n) is 6.23. The molecule has 10 heteroatoms. The van der Waals surface area contributed by atoms with Gasteiger partial charge in [0.05, 0.1) is 17.8 Å². The lowest BCUT2D eigenvalue weighted by atomic mass is 9.83. The molecule has 2 aromatic rings. The maximum absolute atomic E-state index is 13.0. The minimum atomic E-state index is -0.450. The lowest BCUT2D eigenvalue weighted by Gasteiger charge is -2.25. The van der Waals surface area contributed by atoms with E-state index >= 15 is 0 Å². The zero-order chi connectivity index (χ0) is 19.1. The SMILES string of the molecule is COCCNC(=O)CSc1nnc(NC(=O)C2(c3cccs3)CCCC2)s1. The molecule has 0 bridgehead atoms. The van der Waals surface area contributed by atoms with Gasteiger partial charge in [-0.25, -0.2) is 0 Å². The highest BCUT2D eigenvalue weighted by molar-refractivity contribution is 8.01. The predicted molar refractivity (Wildman–Crippen MR) is 109 cm³/mol. The fourth-order valence-corrected chi connectivity index (χ4v) is 5.68. The summed E-state index contributed by atoms with van der Waals surface area (Å²) in [6.07, 6.45) is 3.84. The second kappa shape index (κ2) is 9.63. The van der Waals surface area contributed by atoms with Crippen molar-refractivity contribution in [3.63, 3.8) is 0 Å². The molecule has 0 saturated heterocycles. The molecule has 2 heterocycles. The molecule has 2 aromatic heterocycles. The second-order valence-corrected chi connectivity index (χ2v) is 9.37. The zero-order valence-electron chi connectivity index (χ0n) is 15.0. The minimum Gasteiger partial charge on any atom is -0.383 e. The van der Waals surface area contributed by atoms with Crippen LogP contribution in [0.2, 0.25) is 0 Å². The van der Waals surface area contributed by atoms with E-state index in [-0.39, 0.29) is 17.6 Å². The van der Waals surface area contributed by atoms with E-state index in [0.717, 1.165) is 30.6 Å². The summed E-state index contributed by atoms with van der Waals surface area (Å²) in [5, 5.41) is 16.3. The normalized spacial score (nSPS) is 15.6. The number of hydrogen-bond acceptors (Lipinski definition) is 8. The quantitative estimate of drug-likeness (QED) is 0.364. The van der Waals surface area contributed by atoms with Gasteiger partial charge in [-0.05, 0) is 24.3 Å². The summed E-state index contributed by atoms with van der Waals surface area (Å²) in [7, 11) is 1.59. The van der Waals surface area contributed by atoms with Gasteiger partial charge in [-0.3, -0.25) is 14.9 Å². The van der Waals surface area contributed by atoms with E-state index in [0.29, 0.717) is 22.6 Å². The van der Waals surface area contributed by atoms with Gasteiger partial charge in [-0.15, -0.1) is 21.5 Å². The molecule has 27 heavy (non-hydrogen) atoms. The van der Waals surface area contributed by atoms with E-state index in [1.54, 1.807) is 18.4 Å². The first-order chi connectivity index (χ1) is 13.1. The monoisotopic (exact) mass is 426 g/mol. The predicted octanol–water partition coefficient (Wildman–Crippen LogP) is 2.90. The molecule has 0 unspecified atom stereocenters. The van der Waals surface area contributed by atoms with Crippen LogP contribution in [0.25, 0.3) is 0 Å². The maximum Gasteiger partial charge on any atom is 0.237 e. The smallest absolute Gasteiger partial charge is 0.237 e. The molecule has 0 aliphatic heterocycles. The molecule has 1 aliphatic rings. The lowest BCUT2D eigenvalue weighted by molar-refractivity contribution is -0.121. The van der Waals surface area contributed by atoms with Crippen LogP contribution in [0.1, 0.15) is 30.6 Å². The molecule has 1 saturated carbocycles. The van der Waals surface area contributed by atoms with Crippen molar-refractivity contribution in [1.82, 2.24) is 15.5 Å². The number of thiophene rings is 1. The average molecular weight is 427 g/mol. The van der Waals surface area contributed by atoms with Crippen LogP contribution in [0.15, 0.2) is 21.9 Å². The highest BCUT2D eigenvalue weighted by Gasteiger charge is 2.43. The summed E-state index contributed by atoms with van der Waals surface area (Å²) >= 11 is 4.23. The van der Waals surface area contributed by atoms with Gasteiger partial charge in [0.1, 0.15) is 0 Å². The summed E-state index contributed by atoms with van der Waals surface area (Å²) in [5.41, 5.74) is -0.450. The zero-order valence-corrected chi connectivity index (χ0v) is 17.5. The summed E-state index contributed by atoms with van der Waals surface area (Å²) in [5.74, 6) is 0.165. The fraction of sp³-hybridized carbons (Fsp3) is 0.529. The van der Waals surface area contributed by atoms with Crippen LogP contribution >= 0.6 is 34.4 Å². The summed E-state index contributed by atoms with van der Waals surface area (Å²) in [6, 6.07) is 4.03. The number of hydrogen-bond donors (Lipinski definition) is 2. The van der Waals surface area contributed by atoms with Crippen molar-refractivity contribution in [3.8, 4) is 0 Å². The van der Waals surface area contributed by atoms with Gasteiger partial charge in [-0.2, -0.15) is 0 Å². The average Bonchev–Trinajstić information content (AvgIpc) is 3.41. The van der Waals surface area contributed by atoms with Gasteiger partial charge in [0.15, 0.2) is 4.34 Å². The lowest BCUT2D eigenvalue weighted by Crippen LogP contribution is -2.37. The number of nitrogens with one attached hydrogen (secondary N) is 2. The highest BCUT2D eigenvalue weighted by atomic mass is 32.2. The molecular weight excluding hydrogens is 404 g/mol. The third kappa shape index (κ3) is 5.07. The fourth-order valence-electron chi connectivity index (χ4n) is 3.12. The first-order valence-electron chi connectivity index (χ1n) is 8.71. The van der Waals surface area contributed by atoms with Crippen LogP contribution in [0.4, 0.5) is 5.13 Å². The number of carbonyl (C=O) groups is 2. The number of methoxy groups -OCH3 is 1. The van der Waals surface area contributed by atoms with Gasteiger partial charge in [0.2, 0.25) is 16.9 Å². The Balaban J connectivity index is 1.55. The molecule has 7 nitrogen and oxygen atoms in total. The van der Waals surface area contributed by atoms with Crippen molar-refractivity contribution in [1.29, 1.82) is 0 Å².